The summed E-state index contributed by atoms with van der Waals surface area (Å²) in [4.78, 5) is 22.4. The number of amides is 1. The summed E-state index contributed by atoms with van der Waals surface area (Å²) in [5.41, 5.74) is -0.254. The Balaban J connectivity index is 4.33. The average Bonchev–Trinajstić information content (AvgIpc) is 2.25. The molecule has 94 valence electrons. The number of alkyl carbamates (subject to hydrolysis) is 1. The Morgan fingerprint density at radius 3 is 2.38 bits per heavy atom. The molecule has 0 aromatic carbocycles. The van der Waals surface area contributed by atoms with Crippen molar-refractivity contribution in [3.05, 3.63) is 0 Å². The lowest BCUT2D eigenvalue weighted by Crippen LogP contribution is -2.46. The van der Waals surface area contributed by atoms with Gasteiger partial charge in [-0.05, 0) is 25.2 Å². The quantitative estimate of drug-likeness (QED) is 0.712. The van der Waals surface area contributed by atoms with Gasteiger partial charge in [-0.1, -0.05) is 27.7 Å². The summed E-state index contributed by atoms with van der Waals surface area (Å²) < 4.78 is 5.06. The van der Waals surface area contributed by atoms with Gasteiger partial charge in [0.25, 0.3) is 0 Å². The van der Waals surface area contributed by atoms with Crippen LogP contribution in [0.3, 0.4) is 0 Å². The van der Waals surface area contributed by atoms with Crippen molar-refractivity contribution in [2.75, 3.05) is 0 Å². The molecule has 0 fully saturated rings. The van der Waals surface area contributed by atoms with Gasteiger partial charge in [0.05, 0.1) is 6.04 Å². The van der Waals surface area contributed by atoms with Crippen LogP contribution in [0.25, 0.3) is 0 Å². The molecule has 0 saturated carbocycles. The Hall–Kier alpha value is -1.06. The van der Waals surface area contributed by atoms with Gasteiger partial charge in [-0.15, -0.1) is 0 Å². The van der Waals surface area contributed by atoms with Crippen molar-refractivity contribution in [1.29, 1.82) is 0 Å². The minimum absolute atomic E-state index is 0.128. The Labute approximate surface area is 97.7 Å². The monoisotopic (exact) mass is 229 g/mol. The second kappa shape index (κ2) is 6.51. The molecule has 0 bridgehead atoms. The van der Waals surface area contributed by atoms with Crippen molar-refractivity contribution in [2.45, 2.75) is 59.6 Å². The standard InChI is InChI=1S/C12H23NO3/c1-6-9(3)16-11(15)13-10(8-14)12(4,5)7-2/h8-10H,6-7H2,1-5H3,(H,13,15). The van der Waals surface area contributed by atoms with Gasteiger partial charge in [0.2, 0.25) is 0 Å². The summed E-state index contributed by atoms with van der Waals surface area (Å²) in [6, 6.07) is -0.506. The number of aldehydes is 1. The summed E-state index contributed by atoms with van der Waals surface area (Å²) in [7, 11) is 0. The smallest absolute Gasteiger partial charge is 0.407 e. The lowest BCUT2D eigenvalue weighted by molar-refractivity contribution is -0.111. The second-order valence-electron chi connectivity index (χ2n) is 4.72. The van der Waals surface area contributed by atoms with Gasteiger partial charge in [0.1, 0.15) is 12.4 Å². The number of carbonyl (C=O) groups is 2. The number of nitrogens with one attached hydrogen (secondary N) is 1. The maximum atomic E-state index is 11.5. The third kappa shape index (κ3) is 4.64. The molecule has 4 heteroatoms. The van der Waals surface area contributed by atoms with Gasteiger partial charge in [-0.25, -0.2) is 4.79 Å². The molecule has 0 rings (SSSR count). The molecule has 0 saturated heterocycles. The number of hydrogen-bond donors (Lipinski definition) is 1. The Bertz CT molecular complexity index is 238. The van der Waals surface area contributed by atoms with Gasteiger partial charge >= 0.3 is 6.09 Å². The highest BCUT2D eigenvalue weighted by atomic mass is 16.6. The molecule has 2 atom stereocenters. The Kier molecular flexibility index (Phi) is 6.08. The van der Waals surface area contributed by atoms with E-state index >= 15 is 0 Å². The fraction of sp³-hybridized carbons (Fsp3) is 0.833. The molecule has 0 aliphatic heterocycles. The first-order valence-corrected chi connectivity index (χ1v) is 5.79. The minimum atomic E-state index is -0.520. The molecule has 0 spiro atoms. The summed E-state index contributed by atoms with van der Waals surface area (Å²) in [6.07, 6.45) is 1.68. The van der Waals surface area contributed by atoms with E-state index in [1.165, 1.54) is 0 Å². The highest BCUT2D eigenvalue weighted by molar-refractivity contribution is 5.73. The molecule has 2 unspecified atom stereocenters. The largest absolute Gasteiger partial charge is 0.447 e. The molecule has 0 aromatic rings. The molecular formula is C12H23NO3. The first-order chi connectivity index (χ1) is 7.37. The molecular weight excluding hydrogens is 206 g/mol. The predicted molar refractivity (Wildman–Crippen MR) is 63.3 cm³/mol. The molecule has 0 heterocycles. The van der Waals surface area contributed by atoms with E-state index in [2.05, 4.69) is 5.32 Å². The molecule has 1 amide bonds. The van der Waals surface area contributed by atoms with Crippen molar-refractivity contribution in [1.82, 2.24) is 5.32 Å². The van der Waals surface area contributed by atoms with Crippen molar-refractivity contribution < 1.29 is 14.3 Å². The fourth-order valence-electron chi connectivity index (χ4n) is 1.06. The van der Waals surface area contributed by atoms with Gasteiger partial charge in [-0.3, -0.25) is 0 Å². The third-order valence-electron chi connectivity index (χ3n) is 3.05. The maximum absolute atomic E-state index is 11.5. The lowest BCUT2D eigenvalue weighted by Gasteiger charge is -2.29. The zero-order chi connectivity index (χ0) is 12.8. The van der Waals surface area contributed by atoms with E-state index in [1.54, 1.807) is 0 Å². The normalized spacial score (nSPS) is 15.1. The minimum Gasteiger partial charge on any atom is -0.447 e. The third-order valence-corrected chi connectivity index (χ3v) is 3.05. The summed E-state index contributed by atoms with van der Waals surface area (Å²) in [5, 5.41) is 2.59. The zero-order valence-corrected chi connectivity index (χ0v) is 10.9. The van der Waals surface area contributed by atoms with Crippen molar-refractivity contribution in [2.24, 2.45) is 5.41 Å². The van der Waals surface area contributed by atoms with Gasteiger partial charge in [0, 0.05) is 0 Å². The molecule has 0 aliphatic rings. The SMILES string of the molecule is CCC(C)OC(=O)NC(C=O)C(C)(C)CC. The van der Waals surface area contributed by atoms with Gasteiger partial charge < -0.3 is 14.8 Å². The van der Waals surface area contributed by atoms with E-state index in [9.17, 15) is 9.59 Å². The maximum Gasteiger partial charge on any atom is 0.407 e. The van der Waals surface area contributed by atoms with E-state index in [-0.39, 0.29) is 11.5 Å². The molecule has 1 N–H and O–H groups in total. The van der Waals surface area contributed by atoms with Crippen LogP contribution in [0.1, 0.15) is 47.5 Å². The van der Waals surface area contributed by atoms with E-state index < -0.39 is 12.1 Å². The summed E-state index contributed by atoms with van der Waals surface area (Å²) >= 11 is 0. The molecule has 16 heavy (non-hydrogen) atoms. The molecule has 0 radical (unpaired) electrons. The van der Waals surface area contributed by atoms with Crippen LogP contribution in [0.5, 0.6) is 0 Å². The van der Waals surface area contributed by atoms with Crippen LogP contribution in [0.2, 0.25) is 0 Å². The highest BCUT2D eigenvalue weighted by Crippen LogP contribution is 2.23. The predicted octanol–water partition coefficient (Wildman–Crippen LogP) is 2.51. The molecule has 4 nitrogen and oxygen atoms in total. The molecule has 0 aromatic heterocycles. The van der Waals surface area contributed by atoms with Crippen LogP contribution >= 0.6 is 0 Å². The summed E-state index contributed by atoms with van der Waals surface area (Å²) in [6.45, 7) is 9.62. The van der Waals surface area contributed by atoms with Crippen LogP contribution in [-0.2, 0) is 9.53 Å². The van der Waals surface area contributed by atoms with Crippen LogP contribution < -0.4 is 5.32 Å². The highest BCUT2D eigenvalue weighted by Gasteiger charge is 2.29. The number of ether oxygens (including phenoxy) is 1. The number of rotatable bonds is 6. The van der Waals surface area contributed by atoms with Gasteiger partial charge in [0.15, 0.2) is 0 Å². The average molecular weight is 229 g/mol. The van der Waals surface area contributed by atoms with E-state index in [4.69, 9.17) is 4.74 Å². The number of carbonyl (C=O) groups excluding carboxylic acids is 2. The van der Waals surface area contributed by atoms with Crippen LogP contribution in [-0.4, -0.2) is 24.5 Å². The van der Waals surface area contributed by atoms with E-state index in [0.29, 0.717) is 0 Å². The number of hydrogen-bond acceptors (Lipinski definition) is 3. The van der Waals surface area contributed by atoms with Crippen molar-refractivity contribution in [3.63, 3.8) is 0 Å². The first-order valence-electron chi connectivity index (χ1n) is 5.79. The van der Waals surface area contributed by atoms with Crippen LogP contribution in [0, 0.1) is 5.41 Å². The van der Waals surface area contributed by atoms with E-state index in [1.807, 2.05) is 34.6 Å². The van der Waals surface area contributed by atoms with Crippen molar-refractivity contribution in [3.8, 4) is 0 Å². The fourth-order valence-corrected chi connectivity index (χ4v) is 1.06. The zero-order valence-electron chi connectivity index (χ0n) is 10.9. The lowest BCUT2D eigenvalue weighted by atomic mass is 9.83. The van der Waals surface area contributed by atoms with Crippen LogP contribution in [0.15, 0.2) is 0 Å². The summed E-state index contributed by atoms with van der Waals surface area (Å²) in [5.74, 6) is 0. The van der Waals surface area contributed by atoms with Crippen molar-refractivity contribution >= 4 is 12.4 Å². The van der Waals surface area contributed by atoms with Gasteiger partial charge in [-0.2, -0.15) is 0 Å². The molecule has 0 aliphatic carbocycles. The van der Waals surface area contributed by atoms with E-state index in [0.717, 1.165) is 19.1 Å². The second-order valence-corrected chi connectivity index (χ2v) is 4.72. The first kappa shape index (κ1) is 14.9. The van der Waals surface area contributed by atoms with Crippen LogP contribution in [0.4, 0.5) is 4.79 Å². The topological polar surface area (TPSA) is 55.4 Å². The Morgan fingerprint density at radius 2 is 2.00 bits per heavy atom. The Morgan fingerprint density at radius 1 is 1.44 bits per heavy atom.